The quantitative estimate of drug-likeness (QED) is 0.727. The number of carbonyl (C=O) groups is 2. The van der Waals surface area contributed by atoms with Crippen LogP contribution in [0, 0.1) is 5.92 Å². The normalized spacial score (nSPS) is 23.3. The van der Waals surface area contributed by atoms with Crippen LogP contribution in [0.1, 0.15) is 63.5 Å². The number of imide groups is 1. The number of nitrogens with two attached hydrogens (primary N) is 1. The largest absolute Gasteiger partial charge is 0.449 e. The van der Waals surface area contributed by atoms with Gasteiger partial charge in [-0.2, -0.15) is 0 Å². The van der Waals surface area contributed by atoms with E-state index in [1.807, 2.05) is 31.2 Å². The molecule has 0 radical (unpaired) electrons. The van der Waals surface area contributed by atoms with Crippen molar-refractivity contribution in [3.63, 3.8) is 0 Å². The Balaban J connectivity index is 0.00000261. The third kappa shape index (κ3) is 5.28. The summed E-state index contributed by atoms with van der Waals surface area (Å²) in [6.07, 6.45) is 6.71. The Hall–Kier alpha value is -1.95. The molecule has 0 aromatic heterocycles. The molecule has 27 heavy (non-hydrogen) atoms. The first kappa shape index (κ1) is 21.4. The number of anilines is 1. The smallest absolute Gasteiger partial charge is 0.418 e. The molecule has 1 saturated heterocycles. The number of rotatable bonds is 4. The minimum Gasteiger partial charge on any atom is -0.449 e. The van der Waals surface area contributed by atoms with Crippen LogP contribution in [0.5, 0.6) is 0 Å². The maximum atomic E-state index is 12.6. The zero-order valence-corrected chi connectivity index (χ0v) is 16.7. The number of benzene rings is 1. The highest BCUT2D eigenvalue weighted by atomic mass is 35.5. The van der Waals surface area contributed by atoms with Gasteiger partial charge in [-0.25, -0.2) is 14.5 Å². The van der Waals surface area contributed by atoms with Gasteiger partial charge in [-0.1, -0.05) is 38.3 Å². The van der Waals surface area contributed by atoms with Gasteiger partial charge >= 0.3 is 12.1 Å². The fraction of sp³-hybridized carbons (Fsp3) is 0.600. The molecule has 6 nitrogen and oxygen atoms in total. The highest BCUT2D eigenvalue weighted by Crippen LogP contribution is 2.29. The minimum absolute atomic E-state index is 0. The minimum atomic E-state index is -0.522. The average Bonchev–Trinajstić information content (AvgIpc) is 2.66. The maximum Gasteiger partial charge on any atom is 0.418 e. The van der Waals surface area contributed by atoms with E-state index in [0.29, 0.717) is 31.1 Å². The molecule has 2 fully saturated rings. The van der Waals surface area contributed by atoms with Gasteiger partial charge in [0.2, 0.25) is 0 Å². The lowest BCUT2D eigenvalue weighted by Gasteiger charge is -2.38. The van der Waals surface area contributed by atoms with E-state index in [1.54, 1.807) is 0 Å². The van der Waals surface area contributed by atoms with Gasteiger partial charge < -0.3 is 15.8 Å². The summed E-state index contributed by atoms with van der Waals surface area (Å²) in [6, 6.07) is 6.82. The van der Waals surface area contributed by atoms with Crippen molar-refractivity contribution in [1.29, 1.82) is 0 Å². The molecule has 1 heterocycles. The number of nitrogens with zero attached hydrogens (tertiary/aromatic N) is 1. The van der Waals surface area contributed by atoms with Crippen LogP contribution >= 0.6 is 12.4 Å². The lowest BCUT2D eigenvalue weighted by molar-refractivity contribution is 0.0665. The molecule has 1 aliphatic carbocycles. The SMILES string of the molecule is CCC1CC(c2cccc(N)c2)NC(=O)N1C(=O)OCC1CCCCC1.Cl. The molecular formula is C20H30ClN3O3. The van der Waals surface area contributed by atoms with Gasteiger partial charge in [0.15, 0.2) is 0 Å². The van der Waals surface area contributed by atoms with E-state index in [1.165, 1.54) is 24.2 Å². The first-order valence-corrected chi connectivity index (χ1v) is 9.70. The number of hydrogen-bond donors (Lipinski definition) is 2. The van der Waals surface area contributed by atoms with E-state index < -0.39 is 6.09 Å². The molecule has 0 bridgehead atoms. The highest BCUT2D eigenvalue weighted by molar-refractivity contribution is 5.92. The molecule has 7 heteroatoms. The van der Waals surface area contributed by atoms with Crippen molar-refractivity contribution in [2.75, 3.05) is 12.3 Å². The molecule has 3 N–H and O–H groups in total. The fourth-order valence-corrected chi connectivity index (χ4v) is 4.01. The highest BCUT2D eigenvalue weighted by Gasteiger charge is 2.38. The Morgan fingerprint density at radius 1 is 1.30 bits per heavy atom. The Morgan fingerprint density at radius 3 is 2.70 bits per heavy atom. The van der Waals surface area contributed by atoms with Crippen molar-refractivity contribution in [2.45, 2.75) is 64.0 Å². The number of nitrogens with one attached hydrogen (secondary N) is 1. The molecular weight excluding hydrogens is 366 g/mol. The number of ether oxygens (including phenoxy) is 1. The van der Waals surface area contributed by atoms with Crippen LogP contribution in [0.2, 0.25) is 0 Å². The Bertz CT molecular complexity index is 649. The molecule has 2 atom stereocenters. The van der Waals surface area contributed by atoms with E-state index >= 15 is 0 Å². The number of halogens is 1. The predicted molar refractivity (Wildman–Crippen MR) is 108 cm³/mol. The Morgan fingerprint density at radius 2 is 2.04 bits per heavy atom. The summed E-state index contributed by atoms with van der Waals surface area (Å²) >= 11 is 0. The predicted octanol–water partition coefficient (Wildman–Crippen LogP) is 4.64. The average molecular weight is 396 g/mol. The topological polar surface area (TPSA) is 84.7 Å². The summed E-state index contributed by atoms with van der Waals surface area (Å²) < 4.78 is 5.49. The Labute approximate surface area is 167 Å². The monoisotopic (exact) mass is 395 g/mol. The number of nitrogen functional groups attached to an aromatic ring is 1. The van der Waals surface area contributed by atoms with Crippen molar-refractivity contribution in [1.82, 2.24) is 10.2 Å². The van der Waals surface area contributed by atoms with E-state index in [-0.39, 0.29) is 30.5 Å². The molecule has 2 aliphatic rings. The zero-order valence-electron chi connectivity index (χ0n) is 15.9. The number of amides is 3. The first-order chi connectivity index (χ1) is 12.6. The van der Waals surface area contributed by atoms with Gasteiger partial charge in [-0.3, -0.25) is 0 Å². The second kappa shape index (κ2) is 9.83. The molecule has 0 spiro atoms. The molecule has 1 aromatic carbocycles. The molecule has 1 aliphatic heterocycles. The molecule has 2 unspecified atom stereocenters. The number of carbonyl (C=O) groups excluding carboxylic acids is 2. The summed E-state index contributed by atoms with van der Waals surface area (Å²) in [5.41, 5.74) is 7.49. The van der Waals surface area contributed by atoms with Gasteiger partial charge in [0.25, 0.3) is 0 Å². The van der Waals surface area contributed by atoms with Gasteiger partial charge in [0.05, 0.1) is 12.6 Å². The van der Waals surface area contributed by atoms with Crippen LogP contribution in [0.4, 0.5) is 15.3 Å². The van der Waals surface area contributed by atoms with Crippen LogP contribution in [0.3, 0.4) is 0 Å². The lowest BCUT2D eigenvalue weighted by Crippen LogP contribution is -2.56. The summed E-state index contributed by atoms with van der Waals surface area (Å²) in [5.74, 6) is 0.431. The number of hydrogen-bond acceptors (Lipinski definition) is 4. The third-order valence-electron chi connectivity index (χ3n) is 5.54. The number of urea groups is 1. The van der Waals surface area contributed by atoms with Gasteiger partial charge in [-0.05, 0) is 49.3 Å². The van der Waals surface area contributed by atoms with E-state index in [2.05, 4.69) is 5.32 Å². The Kier molecular flexibility index (Phi) is 7.78. The van der Waals surface area contributed by atoms with Crippen molar-refractivity contribution in [3.8, 4) is 0 Å². The van der Waals surface area contributed by atoms with Crippen molar-refractivity contribution in [2.24, 2.45) is 5.92 Å². The van der Waals surface area contributed by atoms with Crippen molar-refractivity contribution < 1.29 is 14.3 Å². The maximum absolute atomic E-state index is 12.6. The van der Waals surface area contributed by atoms with Crippen LogP contribution < -0.4 is 11.1 Å². The van der Waals surface area contributed by atoms with Crippen molar-refractivity contribution >= 4 is 30.2 Å². The van der Waals surface area contributed by atoms with Crippen molar-refractivity contribution in [3.05, 3.63) is 29.8 Å². The van der Waals surface area contributed by atoms with E-state index in [0.717, 1.165) is 18.4 Å². The lowest BCUT2D eigenvalue weighted by atomic mass is 9.90. The zero-order chi connectivity index (χ0) is 18.5. The first-order valence-electron chi connectivity index (χ1n) is 9.70. The van der Waals surface area contributed by atoms with Crippen LogP contribution in [-0.4, -0.2) is 29.7 Å². The van der Waals surface area contributed by atoms with E-state index in [4.69, 9.17) is 10.5 Å². The molecule has 1 aromatic rings. The standard InChI is InChI=1S/C20H29N3O3.ClH/c1-2-17-12-18(15-9-6-10-16(21)11-15)22-19(24)23(17)20(25)26-13-14-7-4-3-5-8-14;/h6,9-11,14,17-18H,2-5,7-8,12-13,21H2,1H3,(H,22,24);1H. The summed E-state index contributed by atoms with van der Waals surface area (Å²) in [7, 11) is 0. The summed E-state index contributed by atoms with van der Waals surface area (Å²) in [6.45, 7) is 2.40. The van der Waals surface area contributed by atoms with Gasteiger partial charge in [0, 0.05) is 11.7 Å². The van der Waals surface area contributed by atoms with E-state index in [9.17, 15) is 9.59 Å². The van der Waals surface area contributed by atoms with Gasteiger partial charge in [-0.15, -0.1) is 12.4 Å². The fourth-order valence-electron chi connectivity index (χ4n) is 4.01. The molecule has 1 saturated carbocycles. The second-order valence-corrected chi connectivity index (χ2v) is 7.42. The van der Waals surface area contributed by atoms with Crippen LogP contribution in [0.15, 0.2) is 24.3 Å². The summed E-state index contributed by atoms with van der Waals surface area (Å²) in [4.78, 5) is 26.4. The second-order valence-electron chi connectivity index (χ2n) is 7.42. The third-order valence-corrected chi connectivity index (χ3v) is 5.54. The summed E-state index contributed by atoms with van der Waals surface area (Å²) in [5, 5.41) is 2.92. The molecule has 3 amide bonds. The van der Waals surface area contributed by atoms with Gasteiger partial charge in [0.1, 0.15) is 0 Å². The van der Waals surface area contributed by atoms with Crippen LogP contribution in [0.25, 0.3) is 0 Å². The molecule has 3 rings (SSSR count). The van der Waals surface area contributed by atoms with Crippen LogP contribution in [-0.2, 0) is 4.74 Å². The molecule has 150 valence electrons.